The highest BCUT2D eigenvalue weighted by molar-refractivity contribution is 5.74. The molecule has 5 heteroatoms. The monoisotopic (exact) mass is 338 g/mol. The van der Waals surface area contributed by atoms with Crippen LogP contribution < -0.4 is 5.32 Å². The van der Waals surface area contributed by atoms with Crippen LogP contribution in [0.25, 0.3) is 0 Å². The minimum atomic E-state index is -0.00780. The highest BCUT2D eigenvalue weighted by atomic mass is 16.2. The zero-order valence-corrected chi connectivity index (χ0v) is 15.0. The number of benzene rings is 1. The molecule has 1 N–H and O–H groups in total. The smallest absolute Gasteiger partial charge is 0.317 e. The van der Waals surface area contributed by atoms with Gasteiger partial charge in [-0.15, -0.1) is 0 Å². The minimum Gasteiger partial charge on any atom is -0.336 e. The van der Waals surface area contributed by atoms with Gasteiger partial charge in [0.2, 0.25) is 0 Å². The molecule has 0 radical (unpaired) electrons. The topological polar surface area (TPSA) is 48.5 Å². The van der Waals surface area contributed by atoms with E-state index < -0.39 is 0 Å². The number of carbonyl (C=O) groups is 1. The molecule has 1 atom stereocenters. The normalized spacial score (nSPS) is 17.0. The molecule has 2 aromatic rings. The zero-order chi connectivity index (χ0) is 17.6. The van der Waals surface area contributed by atoms with Crippen molar-refractivity contribution in [3.63, 3.8) is 0 Å². The number of hydrogen-bond donors (Lipinski definition) is 1. The zero-order valence-electron chi connectivity index (χ0n) is 15.0. The molecule has 2 heterocycles. The molecule has 0 unspecified atom stereocenters. The van der Waals surface area contributed by atoms with Gasteiger partial charge in [0.15, 0.2) is 0 Å². The van der Waals surface area contributed by atoms with E-state index >= 15 is 0 Å². The molecular formula is C20H26N4O. The maximum Gasteiger partial charge on any atom is 0.317 e. The number of carbonyl (C=O) groups excluding carboxylic acids is 1. The Balaban J connectivity index is 1.56. The summed E-state index contributed by atoms with van der Waals surface area (Å²) in [5.74, 6) is 0. The van der Waals surface area contributed by atoms with Gasteiger partial charge in [0.1, 0.15) is 0 Å². The van der Waals surface area contributed by atoms with Crippen LogP contribution in [0.4, 0.5) is 4.79 Å². The van der Waals surface area contributed by atoms with E-state index in [9.17, 15) is 4.79 Å². The van der Waals surface area contributed by atoms with Crippen LogP contribution in [0.15, 0.2) is 48.8 Å². The number of nitrogens with one attached hydrogen (secondary N) is 1. The summed E-state index contributed by atoms with van der Waals surface area (Å²) in [6.45, 7) is 4.89. The molecule has 3 rings (SSSR count). The lowest BCUT2D eigenvalue weighted by Crippen LogP contribution is -2.48. The number of urea groups is 1. The predicted molar refractivity (Wildman–Crippen MR) is 99.1 cm³/mol. The molecule has 0 saturated heterocycles. The largest absolute Gasteiger partial charge is 0.336 e. The second kappa shape index (κ2) is 8.12. The first-order valence-corrected chi connectivity index (χ1v) is 8.86. The third-order valence-electron chi connectivity index (χ3n) is 4.90. The van der Waals surface area contributed by atoms with Gasteiger partial charge < -0.3 is 10.2 Å². The van der Waals surface area contributed by atoms with Crippen LogP contribution in [0.3, 0.4) is 0 Å². The van der Waals surface area contributed by atoms with Crippen molar-refractivity contribution in [3.05, 3.63) is 65.5 Å². The van der Waals surface area contributed by atoms with Crippen molar-refractivity contribution in [1.82, 2.24) is 20.1 Å². The van der Waals surface area contributed by atoms with E-state index in [2.05, 4.69) is 46.5 Å². The fourth-order valence-electron chi connectivity index (χ4n) is 3.30. The average Bonchev–Trinajstić information content (AvgIpc) is 2.65. The number of pyridine rings is 1. The molecular weight excluding hydrogens is 312 g/mol. The first-order chi connectivity index (χ1) is 12.2. The lowest BCUT2D eigenvalue weighted by molar-refractivity contribution is 0.181. The second-order valence-electron chi connectivity index (χ2n) is 6.60. The molecule has 1 aromatic carbocycles. The first-order valence-electron chi connectivity index (χ1n) is 8.86. The highest BCUT2D eigenvalue weighted by Gasteiger charge is 2.24. The van der Waals surface area contributed by atoms with Crippen molar-refractivity contribution in [2.45, 2.75) is 32.5 Å². The Hall–Kier alpha value is -2.40. The van der Waals surface area contributed by atoms with E-state index in [0.717, 1.165) is 18.5 Å². The fraction of sp³-hybridized carbons (Fsp3) is 0.400. The summed E-state index contributed by atoms with van der Waals surface area (Å²) in [5.41, 5.74) is 3.88. The SMILES string of the molecule is CCN(Cc1ccncc1)C(=O)NC[C@@H]1Cc2ccccc2CN1C. The second-order valence-corrected chi connectivity index (χ2v) is 6.60. The van der Waals surface area contributed by atoms with Gasteiger partial charge in [-0.1, -0.05) is 24.3 Å². The van der Waals surface area contributed by atoms with E-state index in [0.29, 0.717) is 25.7 Å². The van der Waals surface area contributed by atoms with Crippen molar-refractivity contribution < 1.29 is 4.79 Å². The molecule has 25 heavy (non-hydrogen) atoms. The summed E-state index contributed by atoms with van der Waals surface area (Å²) < 4.78 is 0. The summed E-state index contributed by atoms with van der Waals surface area (Å²) >= 11 is 0. The Labute approximate surface area is 149 Å². The van der Waals surface area contributed by atoms with Gasteiger partial charge in [-0.2, -0.15) is 0 Å². The first kappa shape index (κ1) is 17.4. The number of rotatable bonds is 5. The molecule has 0 spiro atoms. The number of aromatic nitrogens is 1. The average molecular weight is 338 g/mol. The summed E-state index contributed by atoms with van der Waals surface area (Å²) in [4.78, 5) is 20.7. The standard InChI is InChI=1S/C20H26N4O/c1-3-24(14-16-8-10-21-11-9-16)20(25)22-13-19-12-17-6-4-5-7-18(17)15-23(19)2/h4-11,19H,3,12-15H2,1-2H3,(H,22,25)/t19-/m0/s1. The molecule has 132 valence electrons. The maximum atomic E-state index is 12.6. The Kier molecular flexibility index (Phi) is 5.66. The van der Waals surface area contributed by atoms with Crippen molar-refractivity contribution in [2.75, 3.05) is 20.1 Å². The minimum absolute atomic E-state index is 0.00780. The molecule has 0 saturated carbocycles. The van der Waals surface area contributed by atoms with Crippen LogP contribution in [0.5, 0.6) is 0 Å². The van der Waals surface area contributed by atoms with Gasteiger partial charge in [-0.25, -0.2) is 4.79 Å². The van der Waals surface area contributed by atoms with Crippen LogP contribution in [0.1, 0.15) is 23.6 Å². The van der Waals surface area contributed by atoms with Gasteiger partial charge in [0, 0.05) is 44.6 Å². The third-order valence-corrected chi connectivity index (χ3v) is 4.90. The van der Waals surface area contributed by atoms with E-state index in [1.165, 1.54) is 11.1 Å². The van der Waals surface area contributed by atoms with E-state index in [1.807, 2.05) is 24.0 Å². The molecule has 0 bridgehead atoms. The van der Waals surface area contributed by atoms with E-state index in [-0.39, 0.29) is 6.03 Å². The van der Waals surface area contributed by atoms with Crippen molar-refractivity contribution in [1.29, 1.82) is 0 Å². The van der Waals surface area contributed by atoms with Gasteiger partial charge >= 0.3 is 6.03 Å². The van der Waals surface area contributed by atoms with Crippen LogP contribution in [-0.4, -0.2) is 47.0 Å². The molecule has 1 aromatic heterocycles. The Morgan fingerprint density at radius 1 is 1.24 bits per heavy atom. The summed E-state index contributed by atoms with van der Waals surface area (Å²) in [7, 11) is 2.13. The Bertz CT molecular complexity index is 704. The van der Waals surface area contributed by atoms with Crippen molar-refractivity contribution >= 4 is 6.03 Å². The molecule has 1 aliphatic heterocycles. The number of amides is 2. The lowest BCUT2D eigenvalue weighted by atomic mass is 9.94. The summed E-state index contributed by atoms with van der Waals surface area (Å²) in [6.07, 6.45) is 4.49. The summed E-state index contributed by atoms with van der Waals surface area (Å²) in [5, 5.41) is 3.11. The maximum absolute atomic E-state index is 12.6. The molecule has 0 aliphatic carbocycles. The van der Waals surface area contributed by atoms with Crippen LogP contribution >= 0.6 is 0 Å². The summed E-state index contributed by atoms with van der Waals surface area (Å²) in [6, 6.07) is 12.8. The van der Waals surface area contributed by atoms with Gasteiger partial charge in [0.05, 0.1) is 0 Å². The predicted octanol–water partition coefficient (Wildman–Crippen LogP) is 2.67. The molecule has 2 amide bonds. The van der Waals surface area contributed by atoms with Crippen molar-refractivity contribution in [2.24, 2.45) is 0 Å². The number of hydrogen-bond acceptors (Lipinski definition) is 3. The number of fused-ring (bicyclic) bond motifs is 1. The Morgan fingerprint density at radius 2 is 1.96 bits per heavy atom. The van der Waals surface area contributed by atoms with E-state index in [4.69, 9.17) is 0 Å². The van der Waals surface area contributed by atoms with Crippen LogP contribution in [0.2, 0.25) is 0 Å². The number of nitrogens with zero attached hydrogens (tertiary/aromatic N) is 3. The van der Waals surface area contributed by atoms with E-state index in [1.54, 1.807) is 12.4 Å². The molecule has 5 nitrogen and oxygen atoms in total. The van der Waals surface area contributed by atoms with Crippen molar-refractivity contribution in [3.8, 4) is 0 Å². The lowest BCUT2D eigenvalue weighted by Gasteiger charge is -2.34. The number of likely N-dealkylation sites (N-methyl/N-ethyl adjacent to an activating group) is 1. The van der Waals surface area contributed by atoms with Crippen LogP contribution in [-0.2, 0) is 19.5 Å². The molecule has 0 fully saturated rings. The van der Waals surface area contributed by atoms with Crippen LogP contribution in [0, 0.1) is 0 Å². The third kappa shape index (κ3) is 4.37. The quantitative estimate of drug-likeness (QED) is 0.912. The van der Waals surface area contributed by atoms with Gasteiger partial charge in [0.25, 0.3) is 0 Å². The van der Waals surface area contributed by atoms with Gasteiger partial charge in [-0.3, -0.25) is 9.88 Å². The van der Waals surface area contributed by atoms with Gasteiger partial charge in [-0.05, 0) is 49.2 Å². The highest BCUT2D eigenvalue weighted by Crippen LogP contribution is 2.21. The Morgan fingerprint density at radius 3 is 2.68 bits per heavy atom. The fourth-order valence-corrected chi connectivity index (χ4v) is 3.30. The molecule has 1 aliphatic rings.